The van der Waals surface area contributed by atoms with E-state index in [1.807, 2.05) is 42.7 Å². The highest BCUT2D eigenvalue weighted by Gasteiger charge is 2.05. The van der Waals surface area contributed by atoms with Gasteiger partial charge in [0.1, 0.15) is 0 Å². The van der Waals surface area contributed by atoms with Gasteiger partial charge in [0.25, 0.3) is 0 Å². The zero-order valence-corrected chi connectivity index (χ0v) is 12.1. The SMILES string of the molecule is CSc1cccc(NC(=O)Cc2cccc(Cl)c2)c1. The minimum atomic E-state index is -0.0412. The fraction of sp³-hybridized carbons (Fsp3) is 0.133. The van der Waals surface area contributed by atoms with Crippen LogP contribution in [0.2, 0.25) is 5.02 Å². The van der Waals surface area contributed by atoms with Crippen LogP contribution in [0.3, 0.4) is 0 Å². The van der Waals surface area contributed by atoms with Crippen molar-refractivity contribution in [3.63, 3.8) is 0 Å². The molecule has 0 bridgehead atoms. The van der Waals surface area contributed by atoms with Crippen LogP contribution in [0, 0.1) is 0 Å². The monoisotopic (exact) mass is 291 g/mol. The predicted molar refractivity (Wildman–Crippen MR) is 82.0 cm³/mol. The first-order valence-electron chi connectivity index (χ1n) is 5.86. The molecule has 0 aromatic heterocycles. The molecule has 0 heterocycles. The number of rotatable bonds is 4. The van der Waals surface area contributed by atoms with E-state index in [1.165, 1.54) is 0 Å². The predicted octanol–water partition coefficient (Wildman–Crippen LogP) is 4.24. The Balaban J connectivity index is 2.01. The van der Waals surface area contributed by atoms with E-state index < -0.39 is 0 Å². The summed E-state index contributed by atoms with van der Waals surface area (Å²) in [6.07, 6.45) is 2.33. The van der Waals surface area contributed by atoms with Gasteiger partial charge < -0.3 is 5.32 Å². The average Bonchev–Trinajstić information content (AvgIpc) is 2.38. The van der Waals surface area contributed by atoms with Crippen molar-refractivity contribution < 1.29 is 4.79 Å². The Hall–Kier alpha value is -1.45. The summed E-state index contributed by atoms with van der Waals surface area (Å²) < 4.78 is 0. The molecule has 0 saturated carbocycles. The van der Waals surface area contributed by atoms with Gasteiger partial charge in [-0.25, -0.2) is 0 Å². The molecule has 0 aliphatic heterocycles. The molecule has 0 aliphatic carbocycles. The molecular formula is C15H14ClNOS. The second kappa shape index (κ2) is 6.64. The van der Waals surface area contributed by atoms with Gasteiger partial charge in [0, 0.05) is 15.6 Å². The zero-order chi connectivity index (χ0) is 13.7. The molecule has 0 unspecified atom stereocenters. The van der Waals surface area contributed by atoms with Crippen molar-refractivity contribution in [2.75, 3.05) is 11.6 Å². The van der Waals surface area contributed by atoms with E-state index >= 15 is 0 Å². The highest BCUT2D eigenvalue weighted by atomic mass is 35.5. The number of amides is 1. The van der Waals surface area contributed by atoms with E-state index in [1.54, 1.807) is 23.9 Å². The van der Waals surface area contributed by atoms with E-state index in [-0.39, 0.29) is 5.91 Å². The summed E-state index contributed by atoms with van der Waals surface area (Å²) >= 11 is 7.54. The maximum atomic E-state index is 11.9. The number of thioether (sulfide) groups is 1. The molecule has 0 fully saturated rings. The summed E-state index contributed by atoms with van der Waals surface area (Å²) in [4.78, 5) is 13.1. The van der Waals surface area contributed by atoms with Gasteiger partial charge >= 0.3 is 0 Å². The van der Waals surface area contributed by atoms with Gasteiger partial charge in [0.15, 0.2) is 0 Å². The maximum Gasteiger partial charge on any atom is 0.228 e. The summed E-state index contributed by atoms with van der Waals surface area (Å²) in [5, 5.41) is 3.54. The Morgan fingerprint density at radius 1 is 1.21 bits per heavy atom. The van der Waals surface area contributed by atoms with E-state index in [2.05, 4.69) is 5.32 Å². The summed E-state index contributed by atoms with van der Waals surface area (Å²) in [5.41, 5.74) is 1.73. The first kappa shape index (κ1) is 14.0. The zero-order valence-electron chi connectivity index (χ0n) is 10.5. The Morgan fingerprint density at radius 2 is 2.00 bits per heavy atom. The molecule has 0 aliphatic rings. The van der Waals surface area contributed by atoms with E-state index in [0.717, 1.165) is 16.1 Å². The van der Waals surface area contributed by atoms with Crippen molar-refractivity contribution in [1.29, 1.82) is 0 Å². The Bertz CT molecular complexity index is 586. The molecule has 1 amide bonds. The van der Waals surface area contributed by atoms with E-state index in [4.69, 9.17) is 11.6 Å². The number of carbonyl (C=O) groups is 1. The first-order chi connectivity index (χ1) is 9.17. The Kier molecular flexibility index (Phi) is 4.88. The van der Waals surface area contributed by atoms with Crippen LogP contribution < -0.4 is 5.32 Å². The van der Waals surface area contributed by atoms with Crippen molar-refractivity contribution >= 4 is 35.0 Å². The van der Waals surface area contributed by atoms with Crippen molar-refractivity contribution in [2.24, 2.45) is 0 Å². The summed E-state index contributed by atoms with van der Waals surface area (Å²) in [7, 11) is 0. The van der Waals surface area contributed by atoms with Crippen LogP contribution in [0.1, 0.15) is 5.56 Å². The molecule has 0 radical (unpaired) electrons. The number of benzene rings is 2. The van der Waals surface area contributed by atoms with Crippen molar-refractivity contribution in [1.82, 2.24) is 0 Å². The van der Waals surface area contributed by atoms with Crippen LogP contribution >= 0.6 is 23.4 Å². The van der Waals surface area contributed by atoms with Crippen LogP contribution in [0.15, 0.2) is 53.4 Å². The highest BCUT2D eigenvalue weighted by molar-refractivity contribution is 7.98. The Labute approximate surface area is 122 Å². The van der Waals surface area contributed by atoms with Crippen molar-refractivity contribution in [2.45, 2.75) is 11.3 Å². The average molecular weight is 292 g/mol. The lowest BCUT2D eigenvalue weighted by atomic mass is 10.1. The summed E-state index contributed by atoms with van der Waals surface area (Å²) in [5.74, 6) is -0.0412. The highest BCUT2D eigenvalue weighted by Crippen LogP contribution is 2.19. The third-order valence-electron chi connectivity index (χ3n) is 2.61. The van der Waals surface area contributed by atoms with Gasteiger partial charge in [0.2, 0.25) is 5.91 Å². The molecule has 2 aromatic carbocycles. The quantitative estimate of drug-likeness (QED) is 0.854. The lowest BCUT2D eigenvalue weighted by molar-refractivity contribution is -0.115. The number of halogens is 1. The number of nitrogens with one attached hydrogen (secondary N) is 1. The third kappa shape index (κ3) is 4.30. The fourth-order valence-corrected chi connectivity index (χ4v) is 2.41. The number of anilines is 1. The number of carbonyl (C=O) groups excluding carboxylic acids is 1. The van der Waals surface area contributed by atoms with E-state index in [9.17, 15) is 4.79 Å². The molecule has 98 valence electrons. The largest absolute Gasteiger partial charge is 0.326 e. The van der Waals surface area contributed by atoms with Crippen molar-refractivity contribution in [3.8, 4) is 0 Å². The smallest absolute Gasteiger partial charge is 0.228 e. The molecule has 1 N–H and O–H groups in total. The molecule has 0 spiro atoms. The second-order valence-corrected chi connectivity index (χ2v) is 5.40. The van der Waals surface area contributed by atoms with Crippen LogP contribution in [0.5, 0.6) is 0 Å². The molecule has 2 nitrogen and oxygen atoms in total. The fourth-order valence-electron chi connectivity index (χ4n) is 1.74. The van der Waals surface area contributed by atoms with Gasteiger partial charge in [-0.1, -0.05) is 29.8 Å². The van der Waals surface area contributed by atoms with Gasteiger partial charge in [-0.2, -0.15) is 0 Å². The standard InChI is InChI=1S/C15H14ClNOS/c1-19-14-7-3-6-13(10-14)17-15(18)9-11-4-2-5-12(16)8-11/h2-8,10H,9H2,1H3,(H,17,18). The van der Waals surface area contributed by atoms with E-state index in [0.29, 0.717) is 11.4 Å². The summed E-state index contributed by atoms with van der Waals surface area (Å²) in [6.45, 7) is 0. The minimum Gasteiger partial charge on any atom is -0.326 e. The van der Waals surface area contributed by atoms with Crippen LogP contribution in [0.4, 0.5) is 5.69 Å². The summed E-state index contributed by atoms with van der Waals surface area (Å²) in [6, 6.07) is 15.1. The molecule has 0 atom stereocenters. The molecule has 4 heteroatoms. The lowest BCUT2D eigenvalue weighted by Crippen LogP contribution is -2.14. The number of hydrogen-bond donors (Lipinski definition) is 1. The van der Waals surface area contributed by atoms with Gasteiger partial charge in [-0.15, -0.1) is 11.8 Å². The Morgan fingerprint density at radius 3 is 2.74 bits per heavy atom. The minimum absolute atomic E-state index is 0.0412. The van der Waals surface area contributed by atoms with Crippen LogP contribution in [-0.2, 0) is 11.2 Å². The lowest BCUT2D eigenvalue weighted by Gasteiger charge is -2.06. The molecule has 19 heavy (non-hydrogen) atoms. The molecule has 2 rings (SSSR count). The van der Waals surface area contributed by atoms with Crippen LogP contribution in [-0.4, -0.2) is 12.2 Å². The third-order valence-corrected chi connectivity index (χ3v) is 3.57. The maximum absolute atomic E-state index is 11.9. The number of hydrogen-bond acceptors (Lipinski definition) is 2. The van der Waals surface area contributed by atoms with Gasteiger partial charge in [-0.3, -0.25) is 4.79 Å². The molecule has 0 saturated heterocycles. The van der Waals surface area contributed by atoms with Crippen molar-refractivity contribution in [3.05, 3.63) is 59.1 Å². The topological polar surface area (TPSA) is 29.1 Å². The molecular weight excluding hydrogens is 278 g/mol. The van der Waals surface area contributed by atoms with Crippen LogP contribution in [0.25, 0.3) is 0 Å². The van der Waals surface area contributed by atoms with Gasteiger partial charge in [-0.05, 0) is 42.2 Å². The molecule has 2 aromatic rings. The second-order valence-electron chi connectivity index (χ2n) is 4.09. The van der Waals surface area contributed by atoms with Gasteiger partial charge in [0.05, 0.1) is 6.42 Å². The normalized spacial score (nSPS) is 10.2. The first-order valence-corrected chi connectivity index (χ1v) is 7.46.